The Hall–Kier alpha value is -1.62. The Kier molecular flexibility index (Phi) is 4.10. The molecule has 2 aliphatic rings. The largest absolute Gasteiger partial charge is 0.481 e. The lowest BCUT2D eigenvalue weighted by Crippen LogP contribution is -2.41. The average molecular weight is 305 g/mol. The first-order chi connectivity index (χ1) is 10.2. The molecule has 0 aromatic carbocycles. The van der Waals surface area contributed by atoms with E-state index in [1.54, 1.807) is 11.3 Å². The number of hydrogen-bond donors (Lipinski definition) is 1. The van der Waals surface area contributed by atoms with E-state index in [4.69, 9.17) is 0 Å². The fourth-order valence-corrected chi connectivity index (χ4v) is 4.25. The summed E-state index contributed by atoms with van der Waals surface area (Å²) in [5, 5.41) is 11.4. The third-order valence-corrected chi connectivity index (χ3v) is 5.45. The summed E-state index contributed by atoms with van der Waals surface area (Å²) in [6, 6.07) is 4.21. The van der Waals surface area contributed by atoms with Crippen LogP contribution < -0.4 is 0 Å². The van der Waals surface area contributed by atoms with Gasteiger partial charge in [0.15, 0.2) is 0 Å². The second-order valence-corrected chi connectivity index (χ2v) is 6.68. The third-order valence-electron chi connectivity index (χ3n) is 4.47. The Morgan fingerprint density at radius 3 is 2.67 bits per heavy atom. The number of carboxylic acid groups (broad SMARTS) is 1. The predicted molar refractivity (Wildman–Crippen MR) is 81.0 cm³/mol. The topological polar surface area (TPSA) is 57.6 Å². The van der Waals surface area contributed by atoms with Crippen LogP contribution in [-0.2, 0) is 9.59 Å². The van der Waals surface area contributed by atoms with Gasteiger partial charge < -0.3 is 10.0 Å². The molecule has 3 rings (SSSR count). The van der Waals surface area contributed by atoms with Gasteiger partial charge in [0, 0.05) is 11.4 Å². The Morgan fingerprint density at radius 2 is 2.00 bits per heavy atom. The van der Waals surface area contributed by atoms with E-state index in [-0.39, 0.29) is 11.9 Å². The molecule has 0 bridgehead atoms. The minimum atomic E-state index is -0.857. The molecule has 5 heteroatoms. The zero-order valence-corrected chi connectivity index (χ0v) is 12.6. The minimum absolute atomic E-state index is 0.0163. The van der Waals surface area contributed by atoms with Crippen molar-refractivity contribution in [3.8, 4) is 0 Å². The molecule has 1 N–H and O–H groups in total. The first kappa shape index (κ1) is 14.3. The Morgan fingerprint density at radius 1 is 1.24 bits per heavy atom. The maximum Gasteiger partial charge on any atom is 0.307 e. The number of carbonyl (C=O) groups excluding carboxylic acids is 1. The molecule has 3 unspecified atom stereocenters. The quantitative estimate of drug-likeness (QED) is 0.873. The van der Waals surface area contributed by atoms with E-state index >= 15 is 0 Å². The number of hydrogen-bond acceptors (Lipinski definition) is 3. The van der Waals surface area contributed by atoms with E-state index in [2.05, 4.69) is 6.07 Å². The van der Waals surface area contributed by atoms with Crippen LogP contribution in [0, 0.1) is 11.8 Å². The van der Waals surface area contributed by atoms with Gasteiger partial charge in [-0.15, -0.1) is 11.3 Å². The number of carboxylic acids is 1. The fraction of sp³-hybridized carbons (Fsp3) is 0.500. The molecular formula is C16H19NO3S. The number of amides is 1. The van der Waals surface area contributed by atoms with E-state index in [1.165, 1.54) is 4.88 Å². The molecule has 4 nitrogen and oxygen atoms in total. The van der Waals surface area contributed by atoms with Gasteiger partial charge >= 0.3 is 5.97 Å². The number of allylic oxidation sites excluding steroid dienone is 2. The summed E-state index contributed by atoms with van der Waals surface area (Å²) < 4.78 is 0. The standard InChI is InChI=1S/C16H19NO3S/c18-15(11-5-1-2-6-12(11)16(19)20)17-9-3-7-13(17)14-8-4-10-21-14/h1-2,4,8,10-13H,3,5-7,9H2,(H,19,20). The molecule has 1 aliphatic carbocycles. The van der Waals surface area contributed by atoms with Crippen LogP contribution in [0.2, 0.25) is 0 Å². The zero-order chi connectivity index (χ0) is 14.8. The van der Waals surface area contributed by atoms with Crippen LogP contribution >= 0.6 is 11.3 Å². The van der Waals surface area contributed by atoms with Crippen molar-refractivity contribution in [3.63, 3.8) is 0 Å². The number of aliphatic carboxylic acids is 1. The van der Waals surface area contributed by atoms with Crippen molar-refractivity contribution >= 4 is 23.2 Å². The Labute approximate surface area is 128 Å². The highest BCUT2D eigenvalue weighted by atomic mass is 32.1. The fourth-order valence-electron chi connectivity index (χ4n) is 3.38. The molecule has 0 spiro atoms. The normalized spacial score (nSPS) is 28.8. The Balaban J connectivity index is 1.80. The molecule has 1 fully saturated rings. The summed E-state index contributed by atoms with van der Waals surface area (Å²) in [5.41, 5.74) is 0. The van der Waals surface area contributed by atoms with E-state index in [0.29, 0.717) is 12.8 Å². The molecular weight excluding hydrogens is 286 g/mol. The third kappa shape index (κ3) is 2.75. The second-order valence-electron chi connectivity index (χ2n) is 5.70. The summed E-state index contributed by atoms with van der Waals surface area (Å²) >= 11 is 1.67. The van der Waals surface area contributed by atoms with Crippen molar-refractivity contribution in [1.29, 1.82) is 0 Å². The molecule has 1 amide bonds. The summed E-state index contributed by atoms with van der Waals surface area (Å²) in [6.45, 7) is 0.744. The van der Waals surface area contributed by atoms with E-state index in [1.807, 2.05) is 28.5 Å². The van der Waals surface area contributed by atoms with E-state index in [9.17, 15) is 14.7 Å². The second kappa shape index (κ2) is 6.02. The Bertz CT molecular complexity index is 552. The minimum Gasteiger partial charge on any atom is -0.481 e. The van der Waals surface area contributed by atoms with Gasteiger partial charge in [0.25, 0.3) is 0 Å². The highest BCUT2D eigenvalue weighted by molar-refractivity contribution is 7.10. The maximum absolute atomic E-state index is 12.9. The maximum atomic E-state index is 12.9. The smallest absolute Gasteiger partial charge is 0.307 e. The van der Waals surface area contributed by atoms with Gasteiger partial charge in [-0.25, -0.2) is 0 Å². The van der Waals surface area contributed by atoms with Crippen molar-refractivity contribution in [3.05, 3.63) is 34.5 Å². The van der Waals surface area contributed by atoms with Crippen LogP contribution in [0.4, 0.5) is 0 Å². The van der Waals surface area contributed by atoms with Crippen molar-refractivity contribution < 1.29 is 14.7 Å². The lowest BCUT2D eigenvalue weighted by Gasteiger charge is -2.31. The molecule has 0 saturated carbocycles. The van der Waals surface area contributed by atoms with Gasteiger partial charge in [0.05, 0.1) is 17.9 Å². The summed E-state index contributed by atoms with van der Waals surface area (Å²) in [5.74, 6) is -1.83. The van der Waals surface area contributed by atoms with Crippen LogP contribution in [0.25, 0.3) is 0 Å². The van der Waals surface area contributed by atoms with Crippen molar-refractivity contribution in [2.75, 3.05) is 6.54 Å². The molecule has 1 aromatic heterocycles. The number of carbonyl (C=O) groups is 2. The lowest BCUT2D eigenvalue weighted by atomic mass is 9.82. The van der Waals surface area contributed by atoms with Crippen molar-refractivity contribution in [2.45, 2.75) is 31.7 Å². The summed E-state index contributed by atoms with van der Waals surface area (Å²) in [4.78, 5) is 27.4. The first-order valence-corrected chi connectivity index (χ1v) is 8.28. The molecule has 112 valence electrons. The number of rotatable bonds is 3. The van der Waals surface area contributed by atoms with E-state index < -0.39 is 17.8 Å². The molecule has 1 aliphatic heterocycles. The van der Waals surface area contributed by atoms with Crippen LogP contribution in [0.5, 0.6) is 0 Å². The van der Waals surface area contributed by atoms with Crippen LogP contribution in [-0.4, -0.2) is 28.4 Å². The van der Waals surface area contributed by atoms with Gasteiger partial charge in [0.1, 0.15) is 0 Å². The first-order valence-electron chi connectivity index (χ1n) is 7.40. The van der Waals surface area contributed by atoms with Crippen molar-refractivity contribution in [1.82, 2.24) is 4.90 Å². The molecule has 1 saturated heterocycles. The molecule has 3 atom stereocenters. The van der Waals surface area contributed by atoms with Gasteiger partial charge in [-0.3, -0.25) is 9.59 Å². The van der Waals surface area contributed by atoms with Gasteiger partial charge in [-0.2, -0.15) is 0 Å². The van der Waals surface area contributed by atoms with Crippen LogP contribution in [0.3, 0.4) is 0 Å². The monoisotopic (exact) mass is 305 g/mol. The lowest BCUT2D eigenvalue weighted by molar-refractivity contribution is -0.151. The molecule has 21 heavy (non-hydrogen) atoms. The van der Waals surface area contributed by atoms with Crippen LogP contribution in [0.15, 0.2) is 29.7 Å². The number of nitrogens with zero attached hydrogens (tertiary/aromatic N) is 1. The van der Waals surface area contributed by atoms with Crippen molar-refractivity contribution in [2.24, 2.45) is 11.8 Å². The van der Waals surface area contributed by atoms with Gasteiger partial charge in [0.2, 0.25) is 5.91 Å². The highest BCUT2D eigenvalue weighted by Crippen LogP contribution is 2.38. The summed E-state index contributed by atoms with van der Waals surface area (Å²) in [6.07, 6.45) is 6.80. The van der Waals surface area contributed by atoms with Crippen LogP contribution in [0.1, 0.15) is 36.6 Å². The number of likely N-dealkylation sites (tertiary alicyclic amines) is 1. The SMILES string of the molecule is O=C(O)C1CC=CCC1C(=O)N1CCCC1c1cccs1. The summed E-state index contributed by atoms with van der Waals surface area (Å²) in [7, 11) is 0. The molecule has 1 aromatic rings. The molecule has 0 radical (unpaired) electrons. The zero-order valence-electron chi connectivity index (χ0n) is 11.8. The number of thiophene rings is 1. The predicted octanol–water partition coefficient (Wildman–Crippen LogP) is 3.08. The van der Waals surface area contributed by atoms with Gasteiger partial charge in [-0.1, -0.05) is 18.2 Å². The van der Waals surface area contributed by atoms with E-state index in [0.717, 1.165) is 19.4 Å². The molecule has 2 heterocycles. The average Bonchev–Trinajstić information content (AvgIpc) is 3.16. The van der Waals surface area contributed by atoms with Gasteiger partial charge in [-0.05, 0) is 37.1 Å². The highest BCUT2D eigenvalue weighted by Gasteiger charge is 2.40.